The quantitative estimate of drug-likeness (QED) is 0.841. The van der Waals surface area contributed by atoms with Crippen molar-refractivity contribution in [2.45, 2.75) is 36.3 Å². The first-order chi connectivity index (χ1) is 9.62. The second-order valence-electron chi connectivity index (χ2n) is 4.75. The fourth-order valence-corrected chi connectivity index (χ4v) is 4.45. The van der Waals surface area contributed by atoms with Gasteiger partial charge in [0.1, 0.15) is 10.7 Å². The number of sulfonamides is 1. The van der Waals surface area contributed by atoms with E-state index in [-0.39, 0.29) is 4.90 Å². The van der Waals surface area contributed by atoms with E-state index in [0.29, 0.717) is 17.6 Å². The molecule has 1 aromatic heterocycles. The SMILES string of the molecule is CCNc1ccc(S(=O)(=O)NCC2CCCCS2)cn1. The van der Waals surface area contributed by atoms with Crippen molar-refractivity contribution in [1.29, 1.82) is 0 Å². The molecule has 0 amide bonds. The summed E-state index contributed by atoms with van der Waals surface area (Å²) in [7, 11) is -3.44. The summed E-state index contributed by atoms with van der Waals surface area (Å²) in [6.45, 7) is 3.23. The Morgan fingerprint density at radius 2 is 2.25 bits per heavy atom. The molecule has 2 N–H and O–H groups in total. The van der Waals surface area contributed by atoms with Crippen LogP contribution in [0.4, 0.5) is 5.82 Å². The number of hydrogen-bond acceptors (Lipinski definition) is 5. The molecule has 1 saturated heterocycles. The third kappa shape index (κ3) is 4.36. The Morgan fingerprint density at radius 1 is 1.40 bits per heavy atom. The summed E-state index contributed by atoms with van der Waals surface area (Å²) >= 11 is 1.86. The van der Waals surface area contributed by atoms with Gasteiger partial charge in [-0.3, -0.25) is 0 Å². The van der Waals surface area contributed by atoms with Crippen molar-refractivity contribution in [2.75, 3.05) is 24.2 Å². The highest BCUT2D eigenvalue weighted by Crippen LogP contribution is 2.24. The van der Waals surface area contributed by atoms with Gasteiger partial charge in [0.2, 0.25) is 10.0 Å². The Morgan fingerprint density at radius 3 is 2.85 bits per heavy atom. The highest BCUT2D eigenvalue weighted by Gasteiger charge is 2.19. The fraction of sp³-hybridized carbons (Fsp3) is 0.615. The minimum Gasteiger partial charge on any atom is -0.370 e. The Labute approximate surface area is 125 Å². The van der Waals surface area contributed by atoms with Crippen molar-refractivity contribution in [3.05, 3.63) is 18.3 Å². The second kappa shape index (κ2) is 7.28. The predicted octanol–water partition coefficient (Wildman–Crippen LogP) is 2.08. The third-order valence-electron chi connectivity index (χ3n) is 3.18. The van der Waals surface area contributed by atoms with Crippen LogP contribution in [-0.4, -0.2) is 37.5 Å². The first-order valence-corrected chi connectivity index (χ1v) is 9.46. The molecular formula is C13H21N3O2S2. The fourth-order valence-electron chi connectivity index (χ4n) is 2.08. The monoisotopic (exact) mass is 315 g/mol. The molecule has 7 heteroatoms. The van der Waals surface area contributed by atoms with E-state index in [2.05, 4.69) is 15.0 Å². The number of nitrogens with one attached hydrogen (secondary N) is 2. The molecular weight excluding hydrogens is 294 g/mol. The lowest BCUT2D eigenvalue weighted by atomic mass is 10.2. The van der Waals surface area contributed by atoms with E-state index in [1.54, 1.807) is 12.1 Å². The predicted molar refractivity (Wildman–Crippen MR) is 83.7 cm³/mol. The van der Waals surface area contributed by atoms with Crippen molar-refractivity contribution in [3.63, 3.8) is 0 Å². The molecule has 1 fully saturated rings. The molecule has 5 nitrogen and oxygen atoms in total. The molecule has 1 unspecified atom stereocenters. The maximum atomic E-state index is 12.2. The van der Waals surface area contributed by atoms with Gasteiger partial charge in [0.25, 0.3) is 0 Å². The average molecular weight is 315 g/mol. The van der Waals surface area contributed by atoms with E-state index in [1.165, 1.54) is 19.0 Å². The van der Waals surface area contributed by atoms with Crippen LogP contribution < -0.4 is 10.0 Å². The van der Waals surface area contributed by atoms with Crippen LogP contribution in [0, 0.1) is 0 Å². The number of hydrogen-bond donors (Lipinski definition) is 2. The lowest BCUT2D eigenvalue weighted by Crippen LogP contribution is -2.32. The third-order valence-corrected chi connectivity index (χ3v) is 5.99. The number of thioether (sulfide) groups is 1. The van der Waals surface area contributed by atoms with Gasteiger partial charge in [0, 0.05) is 24.5 Å². The first-order valence-electron chi connectivity index (χ1n) is 6.93. The molecule has 2 heterocycles. The Kier molecular flexibility index (Phi) is 5.68. The number of rotatable bonds is 6. The van der Waals surface area contributed by atoms with Gasteiger partial charge < -0.3 is 5.32 Å². The molecule has 1 aliphatic heterocycles. The molecule has 0 bridgehead atoms. The van der Waals surface area contributed by atoms with Gasteiger partial charge in [0.05, 0.1) is 0 Å². The van der Waals surface area contributed by atoms with Crippen LogP contribution in [-0.2, 0) is 10.0 Å². The number of pyridine rings is 1. The topological polar surface area (TPSA) is 71.1 Å². The van der Waals surface area contributed by atoms with Crippen LogP contribution in [0.3, 0.4) is 0 Å². The molecule has 1 aromatic rings. The molecule has 20 heavy (non-hydrogen) atoms. The lowest BCUT2D eigenvalue weighted by Gasteiger charge is -2.21. The number of nitrogens with zero attached hydrogens (tertiary/aromatic N) is 1. The maximum Gasteiger partial charge on any atom is 0.242 e. The largest absolute Gasteiger partial charge is 0.370 e. The standard InChI is InChI=1S/C13H21N3O2S2/c1-2-14-13-7-6-12(10-15-13)20(17,18)16-9-11-5-3-4-8-19-11/h6-7,10-11,16H,2-5,8-9H2,1H3,(H,14,15). The van der Waals surface area contributed by atoms with Crippen LogP contribution in [0.25, 0.3) is 0 Å². The first kappa shape index (κ1) is 15.6. The molecule has 0 radical (unpaired) electrons. The molecule has 1 aliphatic rings. The van der Waals surface area contributed by atoms with Gasteiger partial charge in [-0.1, -0.05) is 6.42 Å². The summed E-state index contributed by atoms with van der Waals surface area (Å²) in [5.41, 5.74) is 0. The van der Waals surface area contributed by atoms with Crippen molar-refractivity contribution in [1.82, 2.24) is 9.71 Å². The molecule has 1 atom stereocenters. The smallest absolute Gasteiger partial charge is 0.242 e. The van der Waals surface area contributed by atoms with Crippen molar-refractivity contribution in [2.24, 2.45) is 0 Å². The summed E-state index contributed by atoms with van der Waals surface area (Å²) in [6.07, 6.45) is 4.92. The van der Waals surface area contributed by atoms with Crippen molar-refractivity contribution >= 4 is 27.6 Å². The van der Waals surface area contributed by atoms with Crippen molar-refractivity contribution < 1.29 is 8.42 Å². The number of aromatic nitrogens is 1. The zero-order chi connectivity index (χ0) is 14.4. The highest BCUT2D eigenvalue weighted by atomic mass is 32.2. The molecule has 112 valence electrons. The van der Waals surface area contributed by atoms with E-state index < -0.39 is 10.0 Å². The van der Waals surface area contributed by atoms with Crippen LogP contribution >= 0.6 is 11.8 Å². The lowest BCUT2D eigenvalue weighted by molar-refractivity contribution is 0.573. The molecule has 0 aliphatic carbocycles. The van der Waals surface area contributed by atoms with Gasteiger partial charge in [-0.05, 0) is 37.7 Å². The van der Waals surface area contributed by atoms with Crippen LogP contribution in [0.15, 0.2) is 23.2 Å². The zero-order valence-electron chi connectivity index (χ0n) is 11.6. The van der Waals surface area contributed by atoms with E-state index >= 15 is 0 Å². The van der Waals surface area contributed by atoms with E-state index in [0.717, 1.165) is 18.7 Å². The molecule has 0 aromatic carbocycles. The van der Waals surface area contributed by atoms with Gasteiger partial charge in [0.15, 0.2) is 0 Å². The Hall–Kier alpha value is -0.790. The molecule has 0 spiro atoms. The minimum atomic E-state index is -3.44. The average Bonchev–Trinajstić information content (AvgIpc) is 2.47. The summed E-state index contributed by atoms with van der Waals surface area (Å²) in [4.78, 5) is 4.32. The van der Waals surface area contributed by atoms with E-state index in [1.807, 2.05) is 18.7 Å². The zero-order valence-corrected chi connectivity index (χ0v) is 13.3. The van der Waals surface area contributed by atoms with Gasteiger partial charge in [-0.15, -0.1) is 0 Å². The van der Waals surface area contributed by atoms with Crippen LogP contribution in [0.5, 0.6) is 0 Å². The van der Waals surface area contributed by atoms with E-state index in [9.17, 15) is 8.42 Å². The molecule has 0 saturated carbocycles. The summed E-state index contributed by atoms with van der Waals surface area (Å²) in [6, 6.07) is 3.27. The summed E-state index contributed by atoms with van der Waals surface area (Å²) in [5, 5.41) is 3.44. The van der Waals surface area contributed by atoms with Crippen molar-refractivity contribution in [3.8, 4) is 0 Å². The van der Waals surface area contributed by atoms with Gasteiger partial charge >= 0.3 is 0 Å². The minimum absolute atomic E-state index is 0.222. The Balaban J connectivity index is 1.94. The highest BCUT2D eigenvalue weighted by molar-refractivity contribution is 8.00. The normalized spacial score (nSPS) is 19.8. The van der Waals surface area contributed by atoms with Gasteiger partial charge in [-0.2, -0.15) is 11.8 Å². The maximum absolute atomic E-state index is 12.2. The summed E-state index contributed by atoms with van der Waals surface area (Å²) < 4.78 is 27.0. The Bertz CT molecular complexity index is 511. The van der Waals surface area contributed by atoms with E-state index in [4.69, 9.17) is 0 Å². The van der Waals surface area contributed by atoms with Crippen LogP contribution in [0.1, 0.15) is 26.2 Å². The summed E-state index contributed by atoms with van der Waals surface area (Å²) in [5.74, 6) is 1.82. The van der Waals surface area contributed by atoms with Gasteiger partial charge in [-0.25, -0.2) is 18.1 Å². The second-order valence-corrected chi connectivity index (χ2v) is 7.93. The molecule has 2 rings (SSSR count). The van der Waals surface area contributed by atoms with Crippen LogP contribution in [0.2, 0.25) is 0 Å². The number of anilines is 1.